The summed E-state index contributed by atoms with van der Waals surface area (Å²) in [6, 6.07) is 2.23. The molecule has 0 saturated heterocycles. The molecule has 1 aromatic rings. The maximum atomic E-state index is 12.8. The van der Waals surface area contributed by atoms with Crippen LogP contribution < -0.4 is 5.73 Å². The van der Waals surface area contributed by atoms with Crippen LogP contribution >= 0.6 is 0 Å². The van der Waals surface area contributed by atoms with Gasteiger partial charge in [0.1, 0.15) is 5.69 Å². The number of aryl methyl sites for hydroxylation is 1. The summed E-state index contributed by atoms with van der Waals surface area (Å²) in [6.07, 6.45) is 8.96. The Morgan fingerprint density at radius 2 is 2.05 bits per heavy atom. The highest BCUT2D eigenvalue weighted by Crippen LogP contribution is 2.24. The van der Waals surface area contributed by atoms with Gasteiger partial charge in [0.25, 0.3) is 5.91 Å². The highest BCUT2D eigenvalue weighted by atomic mass is 16.2. The van der Waals surface area contributed by atoms with Crippen molar-refractivity contribution in [2.45, 2.75) is 65.0 Å². The van der Waals surface area contributed by atoms with Gasteiger partial charge in [-0.05, 0) is 32.3 Å². The molecule has 1 aliphatic rings. The van der Waals surface area contributed by atoms with Crippen LogP contribution in [0.1, 0.15) is 62.9 Å². The van der Waals surface area contributed by atoms with E-state index in [0.29, 0.717) is 11.7 Å². The zero-order chi connectivity index (χ0) is 14.5. The van der Waals surface area contributed by atoms with E-state index in [1.54, 1.807) is 0 Å². The molecule has 0 spiro atoms. The quantitative estimate of drug-likeness (QED) is 0.898. The summed E-state index contributed by atoms with van der Waals surface area (Å²) in [6.45, 7) is 5.81. The first-order chi connectivity index (χ1) is 9.67. The monoisotopic (exact) mass is 277 g/mol. The number of rotatable bonds is 5. The maximum absolute atomic E-state index is 12.8. The lowest BCUT2D eigenvalue weighted by molar-refractivity contribution is 0.0636. The fourth-order valence-electron chi connectivity index (χ4n) is 3.25. The number of hydrogen-bond acceptors (Lipinski definition) is 2. The first-order valence-electron chi connectivity index (χ1n) is 7.94. The molecule has 4 nitrogen and oxygen atoms in total. The van der Waals surface area contributed by atoms with Gasteiger partial charge in [0.2, 0.25) is 0 Å². The minimum Gasteiger partial charge on any atom is -0.397 e. The fraction of sp³-hybridized carbons (Fsp3) is 0.688. The van der Waals surface area contributed by atoms with Gasteiger partial charge in [0.05, 0.1) is 5.69 Å². The van der Waals surface area contributed by atoms with Gasteiger partial charge in [-0.1, -0.05) is 26.2 Å². The lowest BCUT2D eigenvalue weighted by atomic mass is 9.94. The standard InChI is InChI=1S/C16H27N3O/c1-3-10-18-12-13(17)11-15(18)16(20)19(4-2)14-8-6-5-7-9-14/h11-12,14H,3-10,17H2,1-2H3. The minimum atomic E-state index is 0.143. The molecule has 1 saturated carbocycles. The second-order valence-corrected chi connectivity index (χ2v) is 5.74. The molecule has 1 fully saturated rings. The minimum absolute atomic E-state index is 0.143. The number of amides is 1. The molecule has 0 unspecified atom stereocenters. The largest absolute Gasteiger partial charge is 0.397 e. The Bertz CT molecular complexity index is 447. The summed E-state index contributed by atoms with van der Waals surface area (Å²) in [5.74, 6) is 0.143. The molecule has 1 amide bonds. The van der Waals surface area contributed by atoms with Gasteiger partial charge in [-0.3, -0.25) is 4.79 Å². The molecule has 0 aliphatic heterocycles. The number of carbonyl (C=O) groups is 1. The molecule has 1 aromatic heterocycles. The molecular formula is C16H27N3O. The predicted molar refractivity (Wildman–Crippen MR) is 82.7 cm³/mol. The average Bonchev–Trinajstić information content (AvgIpc) is 2.82. The Kier molecular flexibility index (Phi) is 5.10. The Morgan fingerprint density at radius 1 is 1.35 bits per heavy atom. The van der Waals surface area contributed by atoms with Gasteiger partial charge in [-0.15, -0.1) is 0 Å². The van der Waals surface area contributed by atoms with Gasteiger partial charge in [0.15, 0.2) is 0 Å². The third kappa shape index (κ3) is 3.17. The molecule has 2 rings (SSSR count). The van der Waals surface area contributed by atoms with Crippen molar-refractivity contribution in [3.8, 4) is 0 Å². The lowest BCUT2D eigenvalue weighted by Crippen LogP contribution is -2.42. The first-order valence-corrected chi connectivity index (χ1v) is 7.94. The molecule has 1 heterocycles. The predicted octanol–water partition coefficient (Wildman–Crippen LogP) is 3.28. The molecule has 112 valence electrons. The van der Waals surface area contributed by atoms with Gasteiger partial charge in [-0.2, -0.15) is 0 Å². The maximum Gasteiger partial charge on any atom is 0.270 e. The van der Waals surface area contributed by atoms with E-state index in [1.165, 1.54) is 19.3 Å². The van der Waals surface area contributed by atoms with Crippen LogP contribution in [0.3, 0.4) is 0 Å². The molecule has 0 bridgehead atoms. The second-order valence-electron chi connectivity index (χ2n) is 5.74. The summed E-state index contributed by atoms with van der Waals surface area (Å²) in [5, 5.41) is 0. The highest BCUT2D eigenvalue weighted by Gasteiger charge is 2.26. The van der Waals surface area contributed by atoms with Gasteiger partial charge >= 0.3 is 0 Å². The van der Waals surface area contributed by atoms with Crippen molar-refractivity contribution >= 4 is 11.6 Å². The topological polar surface area (TPSA) is 51.3 Å². The number of nitrogens with two attached hydrogens (primary N) is 1. The van der Waals surface area contributed by atoms with Crippen LogP contribution in [0, 0.1) is 0 Å². The Labute approximate surface area is 121 Å². The van der Waals surface area contributed by atoms with E-state index in [-0.39, 0.29) is 5.91 Å². The molecule has 20 heavy (non-hydrogen) atoms. The van der Waals surface area contributed by atoms with Gasteiger partial charge in [0, 0.05) is 25.3 Å². The summed E-state index contributed by atoms with van der Waals surface area (Å²) >= 11 is 0. The van der Waals surface area contributed by atoms with E-state index in [1.807, 2.05) is 21.7 Å². The van der Waals surface area contributed by atoms with Crippen LogP contribution in [-0.4, -0.2) is 28.0 Å². The van der Waals surface area contributed by atoms with E-state index in [4.69, 9.17) is 5.73 Å². The molecule has 0 atom stereocenters. The van der Waals surface area contributed by atoms with Crippen LogP contribution in [0.25, 0.3) is 0 Å². The summed E-state index contributed by atoms with van der Waals surface area (Å²) in [5.41, 5.74) is 7.30. The number of hydrogen-bond donors (Lipinski definition) is 1. The zero-order valence-electron chi connectivity index (χ0n) is 12.8. The van der Waals surface area contributed by atoms with E-state index in [0.717, 1.165) is 38.0 Å². The summed E-state index contributed by atoms with van der Waals surface area (Å²) in [7, 11) is 0. The Morgan fingerprint density at radius 3 is 2.65 bits per heavy atom. The van der Waals surface area contributed by atoms with Crippen molar-refractivity contribution in [3.05, 3.63) is 18.0 Å². The lowest BCUT2D eigenvalue weighted by Gasteiger charge is -2.33. The van der Waals surface area contributed by atoms with Gasteiger partial charge < -0.3 is 15.2 Å². The fourth-order valence-corrected chi connectivity index (χ4v) is 3.25. The van der Waals surface area contributed by atoms with Crippen LogP contribution in [-0.2, 0) is 6.54 Å². The van der Waals surface area contributed by atoms with Crippen molar-refractivity contribution in [3.63, 3.8) is 0 Å². The van der Waals surface area contributed by atoms with Crippen molar-refractivity contribution in [2.24, 2.45) is 0 Å². The number of nitrogen functional groups attached to an aromatic ring is 1. The number of anilines is 1. The second kappa shape index (κ2) is 6.82. The highest BCUT2D eigenvalue weighted by molar-refractivity contribution is 5.94. The third-order valence-corrected chi connectivity index (χ3v) is 4.22. The number of carbonyl (C=O) groups excluding carboxylic acids is 1. The van der Waals surface area contributed by atoms with Crippen LogP contribution in [0.15, 0.2) is 12.3 Å². The van der Waals surface area contributed by atoms with Crippen molar-refractivity contribution in [2.75, 3.05) is 12.3 Å². The van der Waals surface area contributed by atoms with Crippen LogP contribution in [0.2, 0.25) is 0 Å². The van der Waals surface area contributed by atoms with Crippen LogP contribution in [0.5, 0.6) is 0 Å². The van der Waals surface area contributed by atoms with Gasteiger partial charge in [-0.25, -0.2) is 0 Å². The van der Waals surface area contributed by atoms with Crippen molar-refractivity contribution < 1.29 is 4.79 Å². The molecule has 0 radical (unpaired) electrons. The average molecular weight is 277 g/mol. The molecular weight excluding hydrogens is 250 g/mol. The molecule has 0 aromatic carbocycles. The first kappa shape index (κ1) is 14.9. The SMILES string of the molecule is CCCn1cc(N)cc1C(=O)N(CC)C1CCCCC1. The van der Waals surface area contributed by atoms with Crippen molar-refractivity contribution in [1.29, 1.82) is 0 Å². The van der Waals surface area contributed by atoms with Crippen LogP contribution in [0.4, 0.5) is 5.69 Å². The number of nitrogens with zero attached hydrogens (tertiary/aromatic N) is 2. The van der Waals surface area contributed by atoms with E-state index < -0.39 is 0 Å². The smallest absolute Gasteiger partial charge is 0.270 e. The zero-order valence-corrected chi connectivity index (χ0v) is 12.8. The van der Waals surface area contributed by atoms with E-state index in [9.17, 15) is 4.79 Å². The van der Waals surface area contributed by atoms with Crippen molar-refractivity contribution in [1.82, 2.24) is 9.47 Å². The van der Waals surface area contributed by atoms with E-state index >= 15 is 0 Å². The normalized spacial score (nSPS) is 16.3. The summed E-state index contributed by atoms with van der Waals surface area (Å²) in [4.78, 5) is 14.9. The molecule has 4 heteroatoms. The summed E-state index contributed by atoms with van der Waals surface area (Å²) < 4.78 is 2.00. The molecule has 2 N–H and O–H groups in total. The third-order valence-electron chi connectivity index (χ3n) is 4.22. The molecule has 1 aliphatic carbocycles. The van der Waals surface area contributed by atoms with E-state index in [2.05, 4.69) is 13.8 Å². The number of aromatic nitrogens is 1. The Balaban J connectivity index is 2.19. The Hall–Kier alpha value is -1.45.